The number of anilines is 1. The molecule has 2 amide bonds. The zero-order valence-corrected chi connectivity index (χ0v) is 23.6. The number of nitrogens with one attached hydrogen (secondary N) is 1. The number of hydrogen-bond donors (Lipinski definition) is 1. The van der Waals surface area contributed by atoms with Gasteiger partial charge in [0, 0.05) is 33.7 Å². The molecule has 0 aliphatic carbocycles. The van der Waals surface area contributed by atoms with E-state index >= 15 is 0 Å². The van der Waals surface area contributed by atoms with E-state index in [2.05, 4.69) is 5.32 Å². The Kier molecular flexibility index (Phi) is 9.72. The number of rotatable bonds is 9. The number of nitrogens with zero attached hydrogens (tertiary/aromatic N) is 2. The molecule has 7 nitrogen and oxygen atoms in total. The third-order valence-electron chi connectivity index (χ3n) is 5.55. The smallest absolute Gasteiger partial charge is 0.264 e. The second-order valence-corrected chi connectivity index (χ2v) is 11.6. The quantitative estimate of drug-likeness (QED) is 0.342. The Morgan fingerprint density at radius 3 is 2.11 bits per heavy atom. The first kappa shape index (κ1) is 29.1. The van der Waals surface area contributed by atoms with Gasteiger partial charge in [-0.1, -0.05) is 58.5 Å². The van der Waals surface area contributed by atoms with Crippen LogP contribution in [0.4, 0.5) is 5.69 Å². The molecule has 0 fully saturated rings. The zero-order chi connectivity index (χ0) is 27.3. The molecular formula is C25H23Cl4N3O4S. The molecule has 3 aromatic rings. The molecule has 0 unspecified atom stereocenters. The molecule has 1 N–H and O–H groups in total. The molecule has 37 heavy (non-hydrogen) atoms. The predicted molar refractivity (Wildman–Crippen MR) is 148 cm³/mol. The molecule has 3 aromatic carbocycles. The first-order chi connectivity index (χ1) is 17.4. The Hall–Kier alpha value is -2.49. The first-order valence-electron chi connectivity index (χ1n) is 10.9. The highest BCUT2D eigenvalue weighted by Crippen LogP contribution is 2.28. The molecular weight excluding hydrogens is 580 g/mol. The highest BCUT2D eigenvalue weighted by molar-refractivity contribution is 7.92. The molecule has 0 radical (unpaired) electrons. The van der Waals surface area contributed by atoms with E-state index in [1.54, 1.807) is 24.3 Å². The van der Waals surface area contributed by atoms with Crippen LogP contribution in [-0.2, 0) is 26.2 Å². The maximum Gasteiger partial charge on any atom is 0.264 e. The van der Waals surface area contributed by atoms with Crippen LogP contribution < -0.4 is 9.62 Å². The third-order valence-corrected chi connectivity index (χ3v) is 8.41. The van der Waals surface area contributed by atoms with Gasteiger partial charge in [0.1, 0.15) is 12.6 Å². The fraction of sp³-hybridized carbons (Fsp3) is 0.200. The van der Waals surface area contributed by atoms with Crippen molar-refractivity contribution in [1.82, 2.24) is 10.2 Å². The molecule has 12 heteroatoms. The topological polar surface area (TPSA) is 86.8 Å². The van der Waals surface area contributed by atoms with Crippen LogP contribution in [0.1, 0.15) is 12.5 Å². The Morgan fingerprint density at radius 1 is 0.892 bits per heavy atom. The molecule has 0 spiro atoms. The molecule has 1 atom stereocenters. The molecule has 0 heterocycles. The summed E-state index contributed by atoms with van der Waals surface area (Å²) < 4.78 is 28.3. The summed E-state index contributed by atoms with van der Waals surface area (Å²) in [6.07, 6.45) is 0. The number of carbonyl (C=O) groups excluding carboxylic acids is 2. The number of carbonyl (C=O) groups is 2. The normalized spacial score (nSPS) is 12.1. The summed E-state index contributed by atoms with van der Waals surface area (Å²) >= 11 is 24.4. The number of sulfonamides is 1. The summed E-state index contributed by atoms with van der Waals surface area (Å²) in [4.78, 5) is 27.4. The number of benzene rings is 3. The van der Waals surface area contributed by atoms with Crippen LogP contribution in [0.15, 0.2) is 71.6 Å². The minimum absolute atomic E-state index is 0.0617. The molecule has 0 aromatic heterocycles. The lowest BCUT2D eigenvalue weighted by Gasteiger charge is -2.32. The van der Waals surface area contributed by atoms with Gasteiger partial charge in [0.25, 0.3) is 10.0 Å². The number of halogens is 4. The highest BCUT2D eigenvalue weighted by atomic mass is 35.5. The van der Waals surface area contributed by atoms with Gasteiger partial charge in [0.2, 0.25) is 11.8 Å². The summed E-state index contributed by atoms with van der Waals surface area (Å²) in [5.74, 6) is -1.08. The molecule has 0 aliphatic heterocycles. The molecule has 0 aliphatic rings. The second kappa shape index (κ2) is 12.4. The maximum absolute atomic E-state index is 13.7. The van der Waals surface area contributed by atoms with E-state index in [9.17, 15) is 18.0 Å². The van der Waals surface area contributed by atoms with Crippen LogP contribution in [0.2, 0.25) is 20.1 Å². The van der Waals surface area contributed by atoms with Gasteiger partial charge in [-0.3, -0.25) is 13.9 Å². The van der Waals surface area contributed by atoms with Crippen molar-refractivity contribution in [2.75, 3.05) is 17.9 Å². The van der Waals surface area contributed by atoms with Gasteiger partial charge in [-0.2, -0.15) is 0 Å². The molecule has 0 saturated heterocycles. The van der Waals surface area contributed by atoms with Gasteiger partial charge < -0.3 is 10.2 Å². The van der Waals surface area contributed by atoms with Crippen molar-refractivity contribution >= 4 is 73.9 Å². The van der Waals surface area contributed by atoms with Crippen molar-refractivity contribution in [3.63, 3.8) is 0 Å². The van der Waals surface area contributed by atoms with Gasteiger partial charge >= 0.3 is 0 Å². The minimum atomic E-state index is -4.23. The lowest BCUT2D eigenvalue weighted by Crippen LogP contribution is -2.50. The minimum Gasteiger partial charge on any atom is -0.357 e. The van der Waals surface area contributed by atoms with E-state index in [-0.39, 0.29) is 22.2 Å². The lowest BCUT2D eigenvalue weighted by molar-refractivity contribution is -0.139. The van der Waals surface area contributed by atoms with Crippen LogP contribution >= 0.6 is 46.4 Å². The van der Waals surface area contributed by atoms with Gasteiger partial charge in [-0.05, 0) is 67.1 Å². The summed E-state index contributed by atoms with van der Waals surface area (Å²) in [5, 5.41) is 3.86. The van der Waals surface area contributed by atoms with Crippen molar-refractivity contribution < 1.29 is 18.0 Å². The summed E-state index contributed by atoms with van der Waals surface area (Å²) in [5.41, 5.74) is 0.706. The fourth-order valence-corrected chi connectivity index (χ4v) is 5.70. The molecule has 196 valence electrons. The highest BCUT2D eigenvalue weighted by Gasteiger charge is 2.32. The first-order valence-corrected chi connectivity index (χ1v) is 13.9. The maximum atomic E-state index is 13.7. The lowest BCUT2D eigenvalue weighted by atomic mass is 10.1. The van der Waals surface area contributed by atoms with E-state index in [1.807, 2.05) is 0 Å². The van der Waals surface area contributed by atoms with Crippen LogP contribution in [0, 0.1) is 0 Å². The summed E-state index contributed by atoms with van der Waals surface area (Å²) in [6.45, 7) is 0.865. The van der Waals surface area contributed by atoms with Gasteiger partial charge in [-0.25, -0.2) is 8.42 Å². The van der Waals surface area contributed by atoms with E-state index in [0.717, 1.165) is 4.31 Å². The van der Waals surface area contributed by atoms with Gasteiger partial charge in [-0.15, -0.1) is 0 Å². The van der Waals surface area contributed by atoms with E-state index < -0.39 is 34.4 Å². The van der Waals surface area contributed by atoms with Gasteiger partial charge in [0.15, 0.2) is 0 Å². The van der Waals surface area contributed by atoms with E-state index in [0.29, 0.717) is 20.6 Å². The number of amides is 2. The predicted octanol–water partition coefficient (Wildman–Crippen LogP) is 5.66. The average molecular weight is 603 g/mol. The van der Waals surface area contributed by atoms with Crippen molar-refractivity contribution in [3.8, 4) is 0 Å². The second-order valence-electron chi connectivity index (χ2n) is 7.99. The zero-order valence-electron chi connectivity index (χ0n) is 19.8. The monoisotopic (exact) mass is 601 g/mol. The van der Waals surface area contributed by atoms with E-state index in [1.165, 1.54) is 61.3 Å². The average Bonchev–Trinajstić information content (AvgIpc) is 2.86. The van der Waals surface area contributed by atoms with E-state index in [4.69, 9.17) is 46.4 Å². The Bertz CT molecular complexity index is 1400. The number of hydrogen-bond acceptors (Lipinski definition) is 4. The molecule has 3 rings (SSSR count). The van der Waals surface area contributed by atoms with Crippen LogP contribution in [0.25, 0.3) is 0 Å². The summed E-state index contributed by atoms with van der Waals surface area (Å²) in [7, 11) is -2.79. The van der Waals surface area contributed by atoms with Crippen molar-refractivity contribution in [3.05, 3.63) is 92.4 Å². The Morgan fingerprint density at radius 2 is 1.51 bits per heavy atom. The van der Waals surface area contributed by atoms with Crippen LogP contribution in [0.3, 0.4) is 0 Å². The van der Waals surface area contributed by atoms with Crippen molar-refractivity contribution in [1.29, 1.82) is 0 Å². The van der Waals surface area contributed by atoms with Gasteiger partial charge in [0.05, 0.1) is 10.6 Å². The largest absolute Gasteiger partial charge is 0.357 e. The standard InChI is InChI=1S/C25H23Cl4N3O4S/c1-16(25(34)30-2)31(14-17-6-7-20(28)13-23(17)29)24(33)15-32(21-5-3-4-19(27)12-21)37(35,36)22-10-8-18(26)9-11-22/h3-13,16H,14-15H2,1-2H3,(H,30,34)/t16-/m1/s1. The van der Waals surface area contributed by atoms with Crippen molar-refractivity contribution in [2.45, 2.75) is 24.4 Å². The Labute approximate surface area is 235 Å². The third kappa shape index (κ3) is 7.09. The SMILES string of the molecule is CNC(=O)[C@@H](C)N(Cc1ccc(Cl)cc1Cl)C(=O)CN(c1cccc(Cl)c1)S(=O)(=O)c1ccc(Cl)cc1. The van der Waals surface area contributed by atoms with Crippen LogP contribution in [-0.4, -0.2) is 44.8 Å². The fourth-order valence-electron chi connectivity index (χ4n) is 3.52. The summed E-state index contributed by atoms with van der Waals surface area (Å²) in [6, 6.07) is 15.5. The number of likely N-dealkylation sites (N-methyl/N-ethyl adjacent to an activating group) is 1. The molecule has 0 saturated carbocycles. The Balaban J connectivity index is 2.05. The van der Waals surface area contributed by atoms with Crippen molar-refractivity contribution in [2.24, 2.45) is 0 Å². The van der Waals surface area contributed by atoms with Crippen LogP contribution in [0.5, 0.6) is 0 Å². The molecule has 0 bridgehead atoms.